The number of hydrogen-bond acceptors (Lipinski definition) is 5. The maximum atomic E-state index is 9.32. The number of nitrogens with zero attached hydrogens (tertiary/aromatic N) is 3. The molecule has 0 radical (unpaired) electrons. The van der Waals surface area contributed by atoms with Gasteiger partial charge in [0, 0.05) is 17.8 Å². The minimum atomic E-state index is -0.0232. The Kier molecular flexibility index (Phi) is 6.16. The van der Waals surface area contributed by atoms with E-state index in [1.54, 1.807) is 0 Å². The van der Waals surface area contributed by atoms with E-state index in [0.717, 1.165) is 25.0 Å². The van der Waals surface area contributed by atoms with Crippen molar-refractivity contribution < 1.29 is 5.11 Å². The van der Waals surface area contributed by atoms with Crippen molar-refractivity contribution in [2.24, 2.45) is 0 Å². The molecule has 0 saturated heterocycles. The Labute approximate surface area is 113 Å². The fraction of sp³-hybridized carbons (Fsp3) is 0.500. The standard InChI is InChI=1S/C14H16N4O/c15-8-11(9-16)12-4-2-1-3-5-14(13(12)10-17)18-6-7-19/h18-19H,1-7H2. The van der Waals surface area contributed by atoms with Crippen LogP contribution >= 0.6 is 0 Å². The van der Waals surface area contributed by atoms with Gasteiger partial charge in [0.15, 0.2) is 0 Å². The Morgan fingerprint density at radius 3 is 2.37 bits per heavy atom. The molecule has 0 aromatic carbocycles. The number of allylic oxidation sites excluding steroid dienone is 4. The van der Waals surface area contributed by atoms with E-state index in [9.17, 15) is 5.26 Å². The molecular weight excluding hydrogens is 240 g/mol. The lowest BCUT2D eigenvalue weighted by atomic mass is 9.90. The molecule has 0 saturated carbocycles. The van der Waals surface area contributed by atoms with Gasteiger partial charge in [-0.05, 0) is 25.7 Å². The lowest BCUT2D eigenvalue weighted by Crippen LogP contribution is -2.20. The zero-order chi connectivity index (χ0) is 14.1. The van der Waals surface area contributed by atoms with Crippen LogP contribution in [0.25, 0.3) is 0 Å². The molecular formula is C14H16N4O. The normalized spacial score (nSPS) is 15.6. The van der Waals surface area contributed by atoms with E-state index in [4.69, 9.17) is 15.6 Å². The minimum Gasteiger partial charge on any atom is -0.395 e. The molecule has 0 amide bonds. The lowest BCUT2D eigenvalue weighted by Gasteiger charge is -2.18. The first-order valence-electron chi connectivity index (χ1n) is 6.30. The van der Waals surface area contributed by atoms with Crippen LogP contribution < -0.4 is 5.32 Å². The Morgan fingerprint density at radius 2 is 1.79 bits per heavy atom. The second kappa shape index (κ2) is 7.93. The highest BCUT2D eigenvalue weighted by Crippen LogP contribution is 2.28. The van der Waals surface area contributed by atoms with Gasteiger partial charge in [-0.1, -0.05) is 6.42 Å². The molecule has 0 spiro atoms. The van der Waals surface area contributed by atoms with Gasteiger partial charge in [0.1, 0.15) is 23.8 Å². The highest BCUT2D eigenvalue weighted by Gasteiger charge is 2.18. The van der Waals surface area contributed by atoms with Gasteiger partial charge in [0.25, 0.3) is 0 Å². The molecule has 0 atom stereocenters. The molecule has 0 aromatic rings. The molecule has 1 aliphatic carbocycles. The summed E-state index contributed by atoms with van der Waals surface area (Å²) in [7, 11) is 0. The highest BCUT2D eigenvalue weighted by molar-refractivity contribution is 5.55. The van der Waals surface area contributed by atoms with Crippen molar-refractivity contribution in [2.75, 3.05) is 13.2 Å². The Hall–Kier alpha value is -2.29. The van der Waals surface area contributed by atoms with Gasteiger partial charge in [-0.15, -0.1) is 0 Å². The summed E-state index contributed by atoms with van der Waals surface area (Å²) in [6.45, 7) is 0.340. The van der Waals surface area contributed by atoms with Gasteiger partial charge >= 0.3 is 0 Å². The van der Waals surface area contributed by atoms with Crippen molar-refractivity contribution in [3.63, 3.8) is 0 Å². The monoisotopic (exact) mass is 256 g/mol. The van der Waals surface area contributed by atoms with Crippen LogP contribution in [0.15, 0.2) is 22.4 Å². The summed E-state index contributed by atoms with van der Waals surface area (Å²) < 4.78 is 0. The summed E-state index contributed by atoms with van der Waals surface area (Å²) in [4.78, 5) is 0. The molecule has 0 fully saturated rings. The van der Waals surface area contributed by atoms with E-state index in [-0.39, 0.29) is 12.2 Å². The van der Waals surface area contributed by atoms with Gasteiger partial charge in [0.2, 0.25) is 0 Å². The predicted octanol–water partition coefficient (Wildman–Crippen LogP) is 1.65. The Bertz CT molecular complexity index is 495. The van der Waals surface area contributed by atoms with Crippen molar-refractivity contribution >= 4 is 0 Å². The van der Waals surface area contributed by atoms with Crippen LogP contribution in [0.5, 0.6) is 0 Å². The van der Waals surface area contributed by atoms with Crippen LogP contribution in [0, 0.1) is 34.0 Å². The minimum absolute atomic E-state index is 0.0155. The lowest BCUT2D eigenvalue weighted by molar-refractivity contribution is 0.296. The van der Waals surface area contributed by atoms with Gasteiger partial charge < -0.3 is 10.4 Å². The summed E-state index contributed by atoms with van der Waals surface area (Å²) in [5, 5.41) is 39.2. The maximum Gasteiger partial charge on any atom is 0.134 e. The average Bonchev–Trinajstić information content (AvgIpc) is 2.41. The van der Waals surface area contributed by atoms with Gasteiger partial charge in [0.05, 0.1) is 12.2 Å². The number of rotatable bonds is 3. The summed E-state index contributed by atoms with van der Waals surface area (Å²) >= 11 is 0. The van der Waals surface area contributed by atoms with Crippen LogP contribution in [0.2, 0.25) is 0 Å². The van der Waals surface area contributed by atoms with Crippen LogP contribution in [0.1, 0.15) is 32.1 Å². The molecule has 1 aliphatic rings. The van der Waals surface area contributed by atoms with E-state index >= 15 is 0 Å². The highest BCUT2D eigenvalue weighted by atomic mass is 16.3. The molecule has 5 nitrogen and oxygen atoms in total. The van der Waals surface area contributed by atoms with Crippen LogP contribution in [0.3, 0.4) is 0 Å². The third-order valence-electron chi connectivity index (χ3n) is 3.04. The maximum absolute atomic E-state index is 9.32. The van der Waals surface area contributed by atoms with Crippen LogP contribution in [-0.2, 0) is 0 Å². The molecule has 0 unspecified atom stereocenters. The Balaban J connectivity index is 3.30. The zero-order valence-corrected chi connectivity index (χ0v) is 10.7. The summed E-state index contributed by atoms with van der Waals surface area (Å²) in [6, 6.07) is 5.84. The van der Waals surface area contributed by atoms with Crippen LogP contribution in [0.4, 0.5) is 0 Å². The molecule has 0 heterocycles. The van der Waals surface area contributed by atoms with E-state index < -0.39 is 0 Å². The van der Waals surface area contributed by atoms with Crippen molar-refractivity contribution in [3.05, 3.63) is 22.4 Å². The molecule has 0 aliphatic heterocycles. The molecule has 0 aromatic heterocycles. The molecule has 0 bridgehead atoms. The summed E-state index contributed by atoms with van der Waals surface area (Å²) in [5.74, 6) is 0. The molecule has 5 heteroatoms. The third kappa shape index (κ3) is 3.85. The predicted molar refractivity (Wildman–Crippen MR) is 69.1 cm³/mol. The van der Waals surface area contributed by atoms with Crippen molar-refractivity contribution in [2.45, 2.75) is 32.1 Å². The number of aliphatic hydroxyl groups is 1. The van der Waals surface area contributed by atoms with Gasteiger partial charge in [-0.25, -0.2) is 0 Å². The topological polar surface area (TPSA) is 104 Å². The van der Waals surface area contributed by atoms with E-state index in [2.05, 4.69) is 11.4 Å². The third-order valence-corrected chi connectivity index (χ3v) is 3.04. The van der Waals surface area contributed by atoms with Crippen molar-refractivity contribution in [3.8, 4) is 18.2 Å². The average molecular weight is 256 g/mol. The summed E-state index contributed by atoms with van der Waals surface area (Å²) in [6.07, 6.45) is 4.11. The van der Waals surface area contributed by atoms with E-state index in [0.29, 0.717) is 30.5 Å². The van der Waals surface area contributed by atoms with Crippen LogP contribution in [-0.4, -0.2) is 18.3 Å². The molecule has 1 rings (SSSR count). The van der Waals surface area contributed by atoms with Crippen molar-refractivity contribution in [1.29, 1.82) is 15.8 Å². The fourth-order valence-electron chi connectivity index (χ4n) is 2.14. The molecule has 98 valence electrons. The molecule has 2 N–H and O–H groups in total. The first-order chi connectivity index (χ1) is 9.28. The second-order valence-electron chi connectivity index (χ2n) is 4.25. The first-order valence-corrected chi connectivity index (χ1v) is 6.30. The quantitative estimate of drug-likeness (QED) is 0.747. The number of nitriles is 3. The Morgan fingerprint density at radius 1 is 1.11 bits per heavy atom. The smallest absolute Gasteiger partial charge is 0.134 e. The van der Waals surface area contributed by atoms with E-state index in [1.807, 2.05) is 12.1 Å². The van der Waals surface area contributed by atoms with E-state index in [1.165, 1.54) is 0 Å². The number of nitrogens with one attached hydrogen (secondary N) is 1. The zero-order valence-electron chi connectivity index (χ0n) is 10.7. The number of aliphatic hydroxyl groups excluding tert-OH is 1. The fourth-order valence-corrected chi connectivity index (χ4v) is 2.14. The SMILES string of the molecule is N#CC(C#N)=C1CCCCCC(NCCO)=C1C#N. The molecule has 19 heavy (non-hydrogen) atoms. The second-order valence-corrected chi connectivity index (χ2v) is 4.25. The number of hydrogen-bond donors (Lipinski definition) is 2. The largest absolute Gasteiger partial charge is 0.395 e. The van der Waals surface area contributed by atoms with Crippen molar-refractivity contribution in [1.82, 2.24) is 5.32 Å². The van der Waals surface area contributed by atoms with Gasteiger partial charge in [-0.3, -0.25) is 0 Å². The van der Waals surface area contributed by atoms with Gasteiger partial charge in [-0.2, -0.15) is 15.8 Å². The first kappa shape index (κ1) is 14.8. The summed E-state index contributed by atoms with van der Waals surface area (Å²) in [5.41, 5.74) is 1.68.